The lowest BCUT2D eigenvalue weighted by Gasteiger charge is -2.09. The number of methoxy groups -OCH3 is 1. The number of ether oxygens (including phenoxy) is 2. The van der Waals surface area contributed by atoms with Crippen molar-refractivity contribution in [1.82, 2.24) is 0 Å². The van der Waals surface area contributed by atoms with Crippen molar-refractivity contribution in [2.75, 3.05) is 13.7 Å². The Morgan fingerprint density at radius 2 is 2.05 bits per heavy atom. The number of halogens is 4. The van der Waals surface area contributed by atoms with Gasteiger partial charge >= 0.3 is 12.1 Å². The van der Waals surface area contributed by atoms with Crippen LogP contribution in [0.5, 0.6) is 0 Å². The monoisotopic (exact) mass is 340 g/mol. The minimum absolute atomic E-state index is 0.0398. The third-order valence-electron chi connectivity index (χ3n) is 2.26. The summed E-state index contributed by atoms with van der Waals surface area (Å²) < 4.78 is 45.8. The average molecular weight is 341 g/mol. The van der Waals surface area contributed by atoms with Crippen molar-refractivity contribution < 1.29 is 27.4 Å². The predicted molar refractivity (Wildman–Crippen MR) is 65.8 cm³/mol. The molecule has 0 aliphatic heterocycles. The van der Waals surface area contributed by atoms with Crippen molar-refractivity contribution in [1.29, 1.82) is 0 Å². The van der Waals surface area contributed by atoms with E-state index in [9.17, 15) is 18.0 Å². The first-order valence-corrected chi connectivity index (χ1v) is 6.14. The van der Waals surface area contributed by atoms with E-state index in [4.69, 9.17) is 4.74 Å². The Morgan fingerprint density at radius 1 is 1.37 bits per heavy atom. The van der Waals surface area contributed by atoms with E-state index in [1.807, 2.05) is 0 Å². The fourth-order valence-corrected chi connectivity index (χ4v) is 1.77. The van der Waals surface area contributed by atoms with Crippen LogP contribution in [0.3, 0.4) is 0 Å². The van der Waals surface area contributed by atoms with Crippen molar-refractivity contribution in [2.24, 2.45) is 0 Å². The Labute approximate surface area is 116 Å². The van der Waals surface area contributed by atoms with Crippen LogP contribution in [0.15, 0.2) is 22.7 Å². The van der Waals surface area contributed by atoms with E-state index >= 15 is 0 Å². The molecule has 0 spiro atoms. The standard InChI is InChI=1S/C12H12BrF3O3/c1-18-11(17)8-2-3-9(10(13)6-8)7-19-5-4-12(14,15)16/h2-3,6H,4-5,7H2,1H3. The number of benzene rings is 1. The molecular formula is C12H12BrF3O3. The quantitative estimate of drug-likeness (QED) is 0.605. The van der Waals surface area contributed by atoms with Crippen molar-refractivity contribution >= 4 is 21.9 Å². The number of hydrogen-bond acceptors (Lipinski definition) is 3. The zero-order valence-electron chi connectivity index (χ0n) is 10.1. The molecule has 0 aliphatic carbocycles. The largest absolute Gasteiger partial charge is 0.465 e. The van der Waals surface area contributed by atoms with E-state index in [1.165, 1.54) is 19.2 Å². The van der Waals surface area contributed by atoms with Gasteiger partial charge in [-0.05, 0) is 17.7 Å². The van der Waals surface area contributed by atoms with E-state index in [0.717, 1.165) is 0 Å². The van der Waals surface area contributed by atoms with Gasteiger partial charge in [-0.15, -0.1) is 0 Å². The second kappa shape index (κ2) is 6.91. The first-order chi connectivity index (χ1) is 8.83. The topological polar surface area (TPSA) is 35.5 Å². The van der Waals surface area contributed by atoms with Crippen molar-refractivity contribution in [3.8, 4) is 0 Å². The minimum Gasteiger partial charge on any atom is -0.465 e. The molecule has 1 aromatic carbocycles. The molecule has 0 atom stereocenters. The molecule has 0 radical (unpaired) electrons. The zero-order chi connectivity index (χ0) is 14.5. The second-order valence-electron chi connectivity index (χ2n) is 3.72. The van der Waals surface area contributed by atoms with Crippen LogP contribution < -0.4 is 0 Å². The van der Waals surface area contributed by atoms with Gasteiger partial charge in [0.1, 0.15) is 0 Å². The van der Waals surface area contributed by atoms with E-state index in [2.05, 4.69) is 20.7 Å². The van der Waals surface area contributed by atoms with Gasteiger partial charge in [0, 0.05) is 4.47 Å². The summed E-state index contributed by atoms with van der Waals surface area (Å²) in [4.78, 5) is 11.2. The van der Waals surface area contributed by atoms with E-state index in [1.54, 1.807) is 6.07 Å². The summed E-state index contributed by atoms with van der Waals surface area (Å²) in [6, 6.07) is 4.66. The summed E-state index contributed by atoms with van der Waals surface area (Å²) in [6.45, 7) is -0.354. The highest BCUT2D eigenvalue weighted by molar-refractivity contribution is 9.10. The molecule has 1 rings (SSSR count). The van der Waals surface area contributed by atoms with Gasteiger partial charge in [0.05, 0.1) is 32.3 Å². The predicted octanol–water partition coefficient (Wildman–Crippen LogP) is 3.70. The number of esters is 1. The van der Waals surface area contributed by atoms with Gasteiger partial charge in [0.2, 0.25) is 0 Å². The fourth-order valence-electron chi connectivity index (χ4n) is 1.28. The molecule has 0 fully saturated rings. The highest BCUT2D eigenvalue weighted by atomic mass is 79.9. The van der Waals surface area contributed by atoms with Crippen LogP contribution in [0.1, 0.15) is 22.3 Å². The number of alkyl halides is 3. The maximum Gasteiger partial charge on any atom is 0.391 e. The van der Waals surface area contributed by atoms with Crippen LogP contribution in [-0.4, -0.2) is 25.9 Å². The highest BCUT2D eigenvalue weighted by Crippen LogP contribution is 2.22. The molecule has 0 heterocycles. The second-order valence-corrected chi connectivity index (χ2v) is 4.57. The molecule has 0 aliphatic rings. The van der Waals surface area contributed by atoms with Crippen molar-refractivity contribution in [3.63, 3.8) is 0 Å². The van der Waals surface area contributed by atoms with Crippen molar-refractivity contribution in [2.45, 2.75) is 19.2 Å². The van der Waals surface area contributed by atoms with Gasteiger partial charge in [0.15, 0.2) is 0 Å². The lowest BCUT2D eigenvalue weighted by atomic mass is 10.1. The van der Waals surface area contributed by atoms with Gasteiger partial charge in [0.25, 0.3) is 0 Å². The van der Waals surface area contributed by atoms with E-state index in [-0.39, 0.29) is 6.61 Å². The molecule has 0 saturated carbocycles. The molecule has 0 aromatic heterocycles. The van der Waals surface area contributed by atoms with Crippen LogP contribution in [0.2, 0.25) is 0 Å². The van der Waals surface area contributed by atoms with Gasteiger partial charge < -0.3 is 9.47 Å². The number of rotatable bonds is 5. The summed E-state index contributed by atoms with van der Waals surface area (Å²) >= 11 is 3.23. The smallest absolute Gasteiger partial charge is 0.391 e. The number of carbonyl (C=O) groups excluding carboxylic acids is 1. The molecular weight excluding hydrogens is 329 g/mol. The third kappa shape index (κ3) is 5.61. The summed E-state index contributed by atoms with van der Waals surface area (Å²) in [5, 5.41) is 0. The molecule has 19 heavy (non-hydrogen) atoms. The van der Waals surface area contributed by atoms with E-state index < -0.39 is 25.2 Å². The first-order valence-electron chi connectivity index (χ1n) is 5.34. The minimum atomic E-state index is -4.22. The summed E-state index contributed by atoms with van der Waals surface area (Å²) in [7, 11) is 1.27. The Kier molecular flexibility index (Phi) is 5.81. The highest BCUT2D eigenvalue weighted by Gasteiger charge is 2.26. The SMILES string of the molecule is COC(=O)c1ccc(COCCC(F)(F)F)c(Br)c1. The van der Waals surface area contributed by atoms with Crippen LogP contribution in [0.4, 0.5) is 13.2 Å². The normalized spacial score (nSPS) is 11.4. The molecule has 7 heteroatoms. The van der Waals surface area contributed by atoms with Crippen LogP contribution in [0.25, 0.3) is 0 Å². The summed E-state index contributed by atoms with van der Waals surface area (Å²) in [5.41, 5.74) is 1.02. The van der Waals surface area contributed by atoms with Gasteiger partial charge in [-0.25, -0.2) is 4.79 Å². The number of hydrogen-bond donors (Lipinski definition) is 0. The number of carbonyl (C=O) groups is 1. The fraction of sp³-hybridized carbons (Fsp3) is 0.417. The molecule has 1 aromatic rings. The molecule has 0 bridgehead atoms. The molecule has 0 N–H and O–H groups in total. The Morgan fingerprint density at radius 3 is 2.58 bits per heavy atom. The lowest BCUT2D eigenvalue weighted by molar-refractivity contribution is -0.146. The van der Waals surface area contributed by atoms with Crippen LogP contribution >= 0.6 is 15.9 Å². The summed E-state index contributed by atoms with van der Waals surface area (Å²) in [5.74, 6) is -0.481. The average Bonchev–Trinajstić information content (AvgIpc) is 2.33. The molecule has 106 valence electrons. The zero-order valence-corrected chi connectivity index (χ0v) is 11.7. The molecule has 0 amide bonds. The van der Waals surface area contributed by atoms with Crippen LogP contribution in [-0.2, 0) is 16.1 Å². The lowest BCUT2D eigenvalue weighted by Crippen LogP contribution is -2.11. The summed E-state index contributed by atoms with van der Waals surface area (Å²) in [6.07, 6.45) is -5.20. The Bertz CT molecular complexity index is 446. The Balaban J connectivity index is 2.54. The van der Waals surface area contributed by atoms with Crippen LogP contribution in [0, 0.1) is 0 Å². The maximum atomic E-state index is 11.9. The maximum absolute atomic E-state index is 11.9. The first kappa shape index (κ1) is 16.0. The molecule has 0 unspecified atom stereocenters. The Hall–Kier alpha value is -1.08. The van der Waals surface area contributed by atoms with Crippen molar-refractivity contribution in [3.05, 3.63) is 33.8 Å². The van der Waals surface area contributed by atoms with E-state index in [0.29, 0.717) is 15.6 Å². The van der Waals surface area contributed by atoms with Gasteiger partial charge in [-0.1, -0.05) is 22.0 Å². The molecule has 3 nitrogen and oxygen atoms in total. The third-order valence-corrected chi connectivity index (χ3v) is 3.00. The van der Waals surface area contributed by atoms with Gasteiger partial charge in [-0.3, -0.25) is 0 Å². The molecule has 0 saturated heterocycles. The van der Waals surface area contributed by atoms with Gasteiger partial charge in [-0.2, -0.15) is 13.2 Å².